The van der Waals surface area contributed by atoms with Crippen LogP contribution in [0.25, 0.3) is 10.9 Å². The molecule has 0 spiro atoms. The van der Waals surface area contributed by atoms with Crippen molar-refractivity contribution >= 4 is 22.7 Å². The minimum Gasteiger partial charge on any atom is -0.361 e. The van der Waals surface area contributed by atoms with Crippen LogP contribution in [0, 0.1) is 5.82 Å². The van der Waals surface area contributed by atoms with Gasteiger partial charge in [-0.2, -0.15) is 8.78 Å². The Kier molecular flexibility index (Phi) is 5.01. The fraction of sp³-hybridized carbons (Fsp3) is 0.273. The molecule has 2 atom stereocenters. The van der Waals surface area contributed by atoms with Crippen molar-refractivity contribution in [1.29, 1.82) is 0 Å². The number of aromatic amines is 1. The number of benzene rings is 2. The third kappa shape index (κ3) is 3.77. The molecule has 30 heavy (non-hydrogen) atoms. The highest BCUT2D eigenvalue weighted by molar-refractivity contribution is 5.87. The van der Waals surface area contributed by atoms with Crippen LogP contribution in [0.15, 0.2) is 54.7 Å². The number of aromatic nitrogens is 1. The number of hydrogen-bond donors (Lipinski definition) is 2. The van der Waals surface area contributed by atoms with Gasteiger partial charge in [0, 0.05) is 37.0 Å². The van der Waals surface area contributed by atoms with E-state index in [0.29, 0.717) is 23.6 Å². The molecule has 2 aromatic carbocycles. The first kappa shape index (κ1) is 20.0. The Morgan fingerprint density at radius 1 is 1.23 bits per heavy atom. The van der Waals surface area contributed by atoms with Gasteiger partial charge in [0.25, 0.3) is 5.91 Å². The topological polar surface area (TPSA) is 65.2 Å². The minimum atomic E-state index is -3.56. The van der Waals surface area contributed by atoms with Crippen LogP contribution < -0.4 is 5.32 Å². The number of amides is 2. The van der Waals surface area contributed by atoms with Crippen LogP contribution in [-0.2, 0) is 16.1 Å². The van der Waals surface area contributed by atoms with Crippen LogP contribution in [0.4, 0.5) is 13.2 Å². The molecule has 1 aliphatic heterocycles. The van der Waals surface area contributed by atoms with Crippen molar-refractivity contribution in [2.24, 2.45) is 0 Å². The van der Waals surface area contributed by atoms with Gasteiger partial charge in [0.05, 0.1) is 12.1 Å². The smallest absolute Gasteiger partial charge is 0.321 e. The minimum absolute atomic E-state index is 0.0827. The van der Waals surface area contributed by atoms with Crippen molar-refractivity contribution in [3.8, 4) is 0 Å². The van der Waals surface area contributed by atoms with Gasteiger partial charge < -0.3 is 15.2 Å². The van der Waals surface area contributed by atoms with Crippen molar-refractivity contribution in [2.75, 3.05) is 0 Å². The zero-order chi connectivity index (χ0) is 21.5. The highest BCUT2D eigenvalue weighted by atomic mass is 19.3. The second-order valence-electron chi connectivity index (χ2n) is 7.55. The van der Waals surface area contributed by atoms with Gasteiger partial charge in [0.2, 0.25) is 5.91 Å². The molecule has 8 heteroatoms. The molecule has 156 valence electrons. The largest absolute Gasteiger partial charge is 0.361 e. The third-order valence-electron chi connectivity index (χ3n) is 5.35. The molecular weight excluding hydrogens is 395 g/mol. The van der Waals surface area contributed by atoms with Crippen LogP contribution in [0.5, 0.6) is 0 Å². The Morgan fingerprint density at radius 2 is 1.97 bits per heavy atom. The number of carbonyl (C=O) groups excluding carboxylic acids is 2. The van der Waals surface area contributed by atoms with Crippen molar-refractivity contribution in [2.45, 2.75) is 37.9 Å². The normalized spacial score (nSPS) is 19.5. The molecule has 0 bridgehead atoms. The number of hydrogen-bond acceptors (Lipinski definition) is 2. The van der Waals surface area contributed by atoms with E-state index in [1.54, 1.807) is 42.6 Å². The van der Waals surface area contributed by atoms with Gasteiger partial charge in [0.1, 0.15) is 5.82 Å². The molecule has 0 aliphatic carbocycles. The Balaban J connectivity index is 1.71. The van der Waals surface area contributed by atoms with Crippen LogP contribution in [-0.4, -0.2) is 33.7 Å². The van der Waals surface area contributed by atoms with Gasteiger partial charge in [-0.15, -0.1) is 0 Å². The molecular formula is C22H20F3N3O2. The van der Waals surface area contributed by atoms with Crippen LogP contribution in [0.3, 0.4) is 0 Å². The number of H-pyrrole nitrogens is 1. The van der Waals surface area contributed by atoms with Crippen molar-refractivity contribution < 1.29 is 22.8 Å². The Bertz CT molecular complexity index is 1090. The van der Waals surface area contributed by atoms with Gasteiger partial charge in [0.15, 0.2) is 0 Å². The molecule has 2 N–H and O–H groups in total. The molecule has 5 nitrogen and oxygen atoms in total. The first-order valence-electron chi connectivity index (χ1n) is 9.53. The van der Waals surface area contributed by atoms with E-state index in [9.17, 15) is 22.8 Å². The molecule has 1 saturated heterocycles. The first-order chi connectivity index (χ1) is 14.2. The number of alkyl halides is 2. The quantitative estimate of drug-likeness (QED) is 0.664. The second kappa shape index (κ2) is 7.51. The standard InChI is InChI=1S/C22H20F3N3O2/c1-22(24,25)21(30)27-18-11-19(29)28(20(18)13-5-3-2-4-6-13)12-14-9-15(23)10-17-16(14)7-8-26-17/h2-10,18,20,26H,11-12H2,1H3,(H,27,30)/t18-,20+/m0/s1. The molecule has 0 saturated carbocycles. The van der Waals surface area contributed by atoms with E-state index >= 15 is 0 Å². The fourth-order valence-electron chi connectivity index (χ4n) is 3.98. The molecule has 1 aliphatic rings. The summed E-state index contributed by atoms with van der Waals surface area (Å²) in [6.45, 7) is 0.600. The lowest BCUT2D eigenvalue weighted by molar-refractivity contribution is -0.144. The fourth-order valence-corrected chi connectivity index (χ4v) is 3.98. The molecule has 1 fully saturated rings. The predicted octanol–water partition coefficient (Wildman–Crippen LogP) is 3.92. The Hall–Kier alpha value is -3.29. The number of halogens is 3. The van der Waals surface area contributed by atoms with E-state index < -0.39 is 29.7 Å². The number of nitrogens with one attached hydrogen (secondary N) is 2. The second-order valence-corrected chi connectivity index (χ2v) is 7.55. The van der Waals surface area contributed by atoms with E-state index in [1.807, 2.05) is 0 Å². The maximum absolute atomic E-state index is 14.1. The van der Waals surface area contributed by atoms with E-state index in [4.69, 9.17) is 0 Å². The summed E-state index contributed by atoms with van der Waals surface area (Å²) in [7, 11) is 0. The highest BCUT2D eigenvalue weighted by Crippen LogP contribution is 2.36. The summed E-state index contributed by atoms with van der Waals surface area (Å²) in [5.41, 5.74) is 1.89. The number of rotatable bonds is 5. The van der Waals surface area contributed by atoms with Crippen molar-refractivity contribution in [1.82, 2.24) is 15.2 Å². The van der Waals surface area contributed by atoms with Gasteiger partial charge in [-0.25, -0.2) is 4.39 Å². The highest BCUT2D eigenvalue weighted by Gasteiger charge is 2.44. The average molecular weight is 415 g/mol. The summed E-state index contributed by atoms with van der Waals surface area (Å²) in [5, 5.41) is 3.09. The van der Waals surface area contributed by atoms with E-state index in [0.717, 1.165) is 5.39 Å². The van der Waals surface area contributed by atoms with E-state index in [2.05, 4.69) is 10.3 Å². The van der Waals surface area contributed by atoms with Gasteiger partial charge >= 0.3 is 5.92 Å². The lowest BCUT2D eigenvalue weighted by Crippen LogP contribution is -2.46. The molecule has 4 rings (SSSR count). The maximum atomic E-state index is 14.1. The maximum Gasteiger partial charge on any atom is 0.321 e. The zero-order valence-electron chi connectivity index (χ0n) is 16.2. The molecule has 0 radical (unpaired) electrons. The van der Waals surface area contributed by atoms with Gasteiger partial charge in [-0.05, 0) is 29.3 Å². The molecule has 1 aromatic heterocycles. The molecule has 2 heterocycles. The summed E-state index contributed by atoms with van der Waals surface area (Å²) < 4.78 is 41.0. The summed E-state index contributed by atoms with van der Waals surface area (Å²) in [6.07, 6.45) is 1.56. The SMILES string of the molecule is CC(F)(F)C(=O)N[C@H]1CC(=O)N(Cc2cc(F)cc3[nH]ccc23)[C@@H]1c1ccccc1. The summed E-state index contributed by atoms with van der Waals surface area (Å²) in [4.78, 5) is 29.2. The molecule has 3 aromatic rings. The lowest BCUT2D eigenvalue weighted by Gasteiger charge is -2.30. The monoisotopic (exact) mass is 415 g/mol. The first-order valence-corrected chi connectivity index (χ1v) is 9.53. The van der Waals surface area contributed by atoms with Gasteiger partial charge in [-0.1, -0.05) is 30.3 Å². The summed E-state index contributed by atoms with van der Waals surface area (Å²) in [6, 6.07) is 11.9. The van der Waals surface area contributed by atoms with E-state index in [1.165, 1.54) is 17.0 Å². The Labute approximate surface area is 170 Å². The molecule has 2 amide bonds. The van der Waals surface area contributed by atoms with Crippen LogP contribution >= 0.6 is 0 Å². The van der Waals surface area contributed by atoms with Crippen molar-refractivity contribution in [3.63, 3.8) is 0 Å². The number of nitrogens with zero attached hydrogens (tertiary/aromatic N) is 1. The number of fused-ring (bicyclic) bond motifs is 1. The summed E-state index contributed by atoms with van der Waals surface area (Å²) >= 11 is 0. The lowest BCUT2D eigenvalue weighted by atomic mass is 9.99. The van der Waals surface area contributed by atoms with Crippen LogP contribution in [0.2, 0.25) is 0 Å². The van der Waals surface area contributed by atoms with Gasteiger partial charge in [-0.3, -0.25) is 9.59 Å². The zero-order valence-corrected chi connectivity index (χ0v) is 16.2. The van der Waals surface area contributed by atoms with Crippen LogP contribution in [0.1, 0.15) is 30.5 Å². The predicted molar refractivity (Wildman–Crippen MR) is 105 cm³/mol. The Morgan fingerprint density at radius 3 is 2.67 bits per heavy atom. The van der Waals surface area contributed by atoms with Crippen molar-refractivity contribution in [3.05, 3.63) is 71.7 Å². The third-order valence-corrected chi connectivity index (χ3v) is 5.35. The number of likely N-dealkylation sites (tertiary alicyclic amines) is 1. The molecule has 0 unspecified atom stereocenters. The average Bonchev–Trinajstić information content (AvgIpc) is 3.26. The van der Waals surface area contributed by atoms with E-state index in [-0.39, 0.29) is 18.9 Å². The number of carbonyl (C=O) groups is 2. The summed E-state index contributed by atoms with van der Waals surface area (Å²) in [5.74, 6) is -5.74.